The van der Waals surface area contributed by atoms with E-state index in [1.54, 1.807) is 11.3 Å². The molecule has 1 aromatic rings. The lowest BCUT2D eigenvalue weighted by Gasteiger charge is -1.75. The minimum atomic E-state index is 1.33. The normalized spacial score (nSPS) is 10.6. The van der Waals surface area contributed by atoms with Gasteiger partial charge in [-0.25, -0.2) is 0 Å². The first-order valence-electron chi connectivity index (χ1n) is 2.59. The van der Waals surface area contributed by atoms with Crippen LogP contribution in [0.4, 0.5) is 0 Å². The van der Waals surface area contributed by atoms with E-state index in [1.807, 2.05) is 13.0 Å². The Balaban J connectivity index is 2.77. The fourth-order valence-corrected chi connectivity index (χ4v) is 1.24. The second kappa shape index (κ2) is 2.68. The van der Waals surface area contributed by atoms with Crippen molar-refractivity contribution in [3.63, 3.8) is 0 Å². The maximum absolute atomic E-state index is 2.10. The van der Waals surface area contributed by atoms with Gasteiger partial charge in [0.1, 0.15) is 0 Å². The molecule has 0 spiro atoms. The molecular weight excluding hydrogens is 116 g/mol. The van der Waals surface area contributed by atoms with Crippen LogP contribution in [0.5, 0.6) is 0 Å². The summed E-state index contributed by atoms with van der Waals surface area (Å²) in [5.74, 6) is 0. The molecule has 0 saturated carbocycles. The average molecular weight is 124 g/mol. The van der Waals surface area contributed by atoms with E-state index in [2.05, 4.69) is 23.6 Å². The molecule has 8 heavy (non-hydrogen) atoms. The summed E-state index contributed by atoms with van der Waals surface area (Å²) in [5.41, 5.74) is 0. The lowest BCUT2D eigenvalue weighted by Crippen LogP contribution is -1.50. The molecule has 0 aromatic carbocycles. The number of hydrogen-bond donors (Lipinski definition) is 0. The second-order valence-corrected chi connectivity index (χ2v) is 2.49. The van der Waals surface area contributed by atoms with Crippen LogP contribution in [-0.4, -0.2) is 0 Å². The number of hydrogen-bond acceptors (Lipinski definition) is 1. The van der Waals surface area contributed by atoms with E-state index < -0.39 is 0 Å². The molecule has 1 heteroatoms. The van der Waals surface area contributed by atoms with Crippen LogP contribution in [-0.2, 0) is 0 Å². The maximum Gasteiger partial charge on any atom is 0.0266 e. The first kappa shape index (κ1) is 5.57. The third kappa shape index (κ3) is 1.20. The Bertz CT molecular complexity index is 161. The van der Waals surface area contributed by atoms with Crippen molar-refractivity contribution in [2.24, 2.45) is 0 Å². The molecule has 0 aliphatic rings. The van der Waals surface area contributed by atoms with E-state index in [0.29, 0.717) is 0 Å². The van der Waals surface area contributed by atoms with Gasteiger partial charge in [-0.3, -0.25) is 0 Å². The monoisotopic (exact) mass is 124 g/mol. The summed E-state index contributed by atoms with van der Waals surface area (Å²) in [7, 11) is 0. The van der Waals surface area contributed by atoms with Gasteiger partial charge in [0.2, 0.25) is 0 Å². The number of rotatable bonds is 1. The van der Waals surface area contributed by atoms with Crippen LogP contribution in [0.3, 0.4) is 0 Å². The number of thiophene rings is 1. The van der Waals surface area contributed by atoms with E-state index in [4.69, 9.17) is 0 Å². The molecule has 1 aromatic heterocycles. The highest BCUT2D eigenvalue weighted by Gasteiger charge is 1.80. The van der Waals surface area contributed by atoms with Crippen LogP contribution < -0.4 is 0 Å². The van der Waals surface area contributed by atoms with Crippen molar-refractivity contribution in [2.75, 3.05) is 0 Å². The summed E-state index contributed by atoms with van der Waals surface area (Å²) in [6, 6.07) is 4.16. The summed E-state index contributed by atoms with van der Waals surface area (Å²) in [6.07, 6.45) is 4.15. The van der Waals surface area contributed by atoms with E-state index in [1.165, 1.54) is 4.88 Å². The quantitative estimate of drug-likeness (QED) is 0.540. The SMILES string of the molecule is C/C=C\c1cccs1. The molecule has 0 N–H and O–H groups in total. The Labute approximate surface area is 53.5 Å². The molecule has 0 fully saturated rings. The number of allylic oxidation sites excluding steroid dienone is 1. The second-order valence-electron chi connectivity index (χ2n) is 1.52. The highest BCUT2D eigenvalue weighted by molar-refractivity contribution is 7.10. The van der Waals surface area contributed by atoms with Crippen LogP contribution in [0.1, 0.15) is 11.8 Å². The molecule has 42 valence electrons. The topological polar surface area (TPSA) is 0 Å². The highest BCUT2D eigenvalue weighted by Crippen LogP contribution is 2.09. The Hall–Kier alpha value is -0.560. The third-order valence-corrected chi connectivity index (χ3v) is 1.71. The van der Waals surface area contributed by atoms with Gasteiger partial charge in [-0.2, -0.15) is 0 Å². The van der Waals surface area contributed by atoms with Gasteiger partial charge in [-0.1, -0.05) is 12.1 Å². The van der Waals surface area contributed by atoms with E-state index in [0.717, 1.165) is 0 Å². The molecular formula is C7H8S. The van der Waals surface area contributed by atoms with Crippen LogP contribution in [0.15, 0.2) is 23.6 Å². The van der Waals surface area contributed by atoms with E-state index in [9.17, 15) is 0 Å². The molecule has 0 aliphatic heterocycles. The van der Waals surface area contributed by atoms with Crippen molar-refractivity contribution in [1.82, 2.24) is 0 Å². The maximum atomic E-state index is 2.10. The van der Waals surface area contributed by atoms with Gasteiger partial charge in [0.05, 0.1) is 0 Å². The zero-order valence-corrected chi connectivity index (χ0v) is 5.61. The van der Waals surface area contributed by atoms with Crippen molar-refractivity contribution in [1.29, 1.82) is 0 Å². The lowest BCUT2D eigenvalue weighted by molar-refractivity contribution is 1.79. The molecule has 0 nitrogen and oxygen atoms in total. The van der Waals surface area contributed by atoms with E-state index in [-0.39, 0.29) is 0 Å². The van der Waals surface area contributed by atoms with Crippen molar-refractivity contribution in [2.45, 2.75) is 6.92 Å². The standard InChI is InChI=1S/C7H8S/c1-2-4-7-5-3-6-8-7/h2-6H,1H3/b4-2-. The summed E-state index contributed by atoms with van der Waals surface area (Å²) in [6.45, 7) is 2.03. The summed E-state index contributed by atoms with van der Waals surface area (Å²) < 4.78 is 0. The van der Waals surface area contributed by atoms with Crippen LogP contribution in [0.25, 0.3) is 6.08 Å². The van der Waals surface area contributed by atoms with Crippen molar-refractivity contribution in [3.05, 3.63) is 28.5 Å². The highest BCUT2D eigenvalue weighted by atomic mass is 32.1. The Morgan fingerprint density at radius 1 is 1.62 bits per heavy atom. The third-order valence-electron chi connectivity index (χ3n) is 0.874. The molecule has 0 saturated heterocycles. The first-order valence-corrected chi connectivity index (χ1v) is 3.47. The van der Waals surface area contributed by atoms with E-state index >= 15 is 0 Å². The predicted molar refractivity (Wildman–Crippen MR) is 39.0 cm³/mol. The molecule has 0 radical (unpaired) electrons. The largest absolute Gasteiger partial charge is 0.144 e. The molecule has 0 amide bonds. The van der Waals surface area contributed by atoms with Crippen molar-refractivity contribution >= 4 is 17.4 Å². The van der Waals surface area contributed by atoms with Gasteiger partial charge in [-0.05, 0) is 24.4 Å². The Morgan fingerprint density at radius 3 is 3.00 bits per heavy atom. The van der Waals surface area contributed by atoms with Gasteiger partial charge < -0.3 is 0 Å². The summed E-state index contributed by atoms with van der Waals surface area (Å²) in [5, 5.41) is 2.08. The lowest BCUT2D eigenvalue weighted by atomic mass is 10.4. The van der Waals surface area contributed by atoms with Gasteiger partial charge >= 0.3 is 0 Å². The molecule has 0 bridgehead atoms. The molecule has 0 atom stereocenters. The van der Waals surface area contributed by atoms with Gasteiger partial charge in [0.15, 0.2) is 0 Å². The van der Waals surface area contributed by atoms with Crippen molar-refractivity contribution in [3.8, 4) is 0 Å². The molecule has 0 unspecified atom stereocenters. The van der Waals surface area contributed by atoms with Crippen LogP contribution >= 0.6 is 11.3 Å². The minimum Gasteiger partial charge on any atom is -0.144 e. The summed E-state index contributed by atoms with van der Waals surface area (Å²) in [4.78, 5) is 1.33. The first-order chi connectivity index (χ1) is 3.93. The average Bonchev–Trinajstić information content (AvgIpc) is 2.19. The van der Waals surface area contributed by atoms with Gasteiger partial charge in [0.25, 0.3) is 0 Å². The zero-order valence-electron chi connectivity index (χ0n) is 4.79. The van der Waals surface area contributed by atoms with Crippen LogP contribution in [0, 0.1) is 0 Å². The predicted octanol–water partition coefficient (Wildman–Crippen LogP) is 2.78. The van der Waals surface area contributed by atoms with Crippen LogP contribution in [0.2, 0.25) is 0 Å². The smallest absolute Gasteiger partial charge is 0.0266 e. The van der Waals surface area contributed by atoms with Gasteiger partial charge in [0, 0.05) is 4.88 Å². The van der Waals surface area contributed by atoms with Crippen molar-refractivity contribution < 1.29 is 0 Å². The summed E-state index contributed by atoms with van der Waals surface area (Å²) >= 11 is 1.76. The fraction of sp³-hybridized carbons (Fsp3) is 0.143. The molecule has 0 aliphatic carbocycles. The Kier molecular flexibility index (Phi) is 1.86. The zero-order chi connectivity index (χ0) is 5.82. The minimum absolute atomic E-state index is 1.33. The fourth-order valence-electron chi connectivity index (χ4n) is 0.550. The van der Waals surface area contributed by atoms with Gasteiger partial charge in [-0.15, -0.1) is 11.3 Å². The Morgan fingerprint density at radius 2 is 2.50 bits per heavy atom. The molecule has 1 heterocycles. The molecule has 1 rings (SSSR count).